The molecule has 106 valence electrons. The fourth-order valence-electron chi connectivity index (χ4n) is 2.23. The van der Waals surface area contributed by atoms with Gasteiger partial charge in [0.2, 0.25) is 10.0 Å². The fourth-order valence-corrected chi connectivity index (χ4v) is 3.61. The summed E-state index contributed by atoms with van der Waals surface area (Å²) in [6.45, 7) is 3.70. The van der Waals surface area contributed by atoms with Crippen molar-refractivity contribution in [1.29, 1.82) is 0 Å². The molecule has 1 N–H and O–H groups in total. The van der Waals surface area contributed by atoms with Crippen molar-refractivity contribution in [3.05, 3.63) is 29.3 Å². The highest BCUT2D eigenvalue weighted by molar-refractivity contribution is 7.89. The van der Waals surface area contributed by atoms with Crippen molar-refractivity contribution in [2.45, 2.75) is 24.2 Å². The van der Waals surface area contributed by atoms with E-state index in [-0.39, 0.29) is 4.90 Å². The minimum absolute atomic E-state index is 0.223. The Balaban J connectivity index is 1.80. The molecule has 0 aliphatic carbocycles. The van der Waals surface area contributed by atoms with Gasteiger partial charge in [-0.15, -0.1) is 0 Å². The molecule has 0 saturated carbocycles. The van der Waals surface area contributed by atoms with E-state index in [2.05, 4.69) is 9.62 Å². The third kappa shape index (κ3) is 4.45. The third-order valence-electron chi connectivity index (χ3n) is 3.25. The topological polar surface area (TPSA) is 49.4 Å². The van der Waals surface area contributed by atoms with Gasteiger partial charge in [-0.05, 0) is 57.1 Å². The second kappa shape index (κ2) is 6.70. The van der Waals surface area contributed by atoms with Crippen LogP contribution in [0, 0.1) is 0 Å². The Labute approximate surface area is 119 Å². The largest absolute Gasteiger partial charge is 0.303 e. The van der Waals surface area contributed by atoms with Crippen LogP contribution in [0.4, 0.5) is 0 Å². The first-order chi connectivity index (χ1) is 9.08. The highest BCUT2D eigenvalue weighted by atomic mass is 35.5. The molecule has 0 atom stereocenters. The van der Waals surface area contributed by atoms with Gasteiger partial charge in [0.1, 0.15) is 0 Å². The van der Waals surface area contributed by atoms with E-state index < -0.39 is 10.0 Å². The molecule has 0 radical (unpaired) electrons. The van der Waals surface area contributed by atoms with Crippen molar-refractivity contribution in [3.63, 3.8) is 0 Å². The van der Waals surface area contributed by atoms with E-state index in [1.165, 1.54) is 18.9 Å². The number of nitrogens with one attached hydrogen (secondary N) is 1. The van der Waals surface area contributed by atoms with Crippen molar-refractivity contribution in [3.8, 4) is 0 Å². The van der Waals surface area contributed by atoms with Gasteiger partial charge in [0, 0.05) is 11.6 Å². The maximum atomic E-state index is 12.0. The summed E-state index contributed by atoms with van der Waals surface area (Å²) in [5.74, 6) is 0. The molecule has 4 nitrogen and oxygen atoms in total. The molecule has 1 aliphatic rings. The summed E-state index contributed by atoms with van der Waals surface area (Å²) >= 11 is 5.80. The van der Waals surface area contributed by atoms with Gasteiger partial charge < -0.3 is 4.90 Å². The van der Waals surface area contributed by atoms with Crippen molar-refractivity contribution < 1.29 is 8.42 Å². The Morgan fingerprint density at radius 3 is 2.68 bits per heavy atom. The molecular weight excluding hydrogens is 284 g/mol. The average Bonchev–Trinajstić information content (AvgIpc) is 2.88. The second-order valence-electron chi connectivity index (χ2n) is 4.76. The molecular formula is C13H19ClN2O2S. The van der Waals surface area contributed by atoms with Crippen molar-refractivity contribution in [2.24, 2.45) is 0 Å². The lowest BCUT2D eigenvalue weighted by Gasteiger charge is -2.14. The Kier molecular flexibility index (Phi) is 5.21. The zero-order valence-corrected chi connectivity index (χ0v) is 12.4. The highest BCUT2D eigenvalue weighted by Crippen LogP contribution is 2.15. The minimum atomic E-state index is -3.43. The van der Waals surface area contributed by atoms with E-state index in [1.54, 1.807) is 18.2 Å². The molecule has 2 rings (SSSR count). The van der Waals surface area contributed by atoms with E-state index in [0.29, 0.717) is 11.6 Å². The number of rotatable bonds is 6. The first-order valence-electron chi connectivity index (χ1n) is 6.55. The van der Waals surface area contributed by atoms with Crippen LogP contribution >= 0.6 is 11.6 Å². The molecule has 1 aliphatic heterocycles. The lowest BCUT2D eigenvalue weighted by atomic mass is 10.4. The van der Waals surface area contributed by atoms with Crippen LogP contribution < -0.4 is 4.72 Å². The van der Waals surface area contributed by atoms with E-state index >= 15 is 0 Å². The van der Waals surface area contributed by atoms with Gasteiger partial charge in [-0.25, -0.2) is 13.1 Å². The molecule has 0 amide bonds. The lowest BCUT2D eigenvalue weighted by Crippen LogP contribution is -2.28. The van der Waals surface area contributed by atoms with Crippen molar-refractivity contribution in [1.82, 2.24) is 9.62 Å². The molecule has 0 aromatic heterocycles. The number of hydrogen-bond donors (Lipinski definition) is 1. The van der Waals surface area contributed by atoms with Crippen molar-refractivity contribution in [2.75, 3.05) is 26.2 Å². The Bertz CT molecular complexity index is 513. The summed E-state index contributed by atoms with van der Waals surface area (Å²) in [5, 5.41) is 0.431. The van der Waals surface area contributed by atoms with Crippen LogP contribution in [-0.2, 0) is 10.0 Å². The predicted octanol–water partition coefficient (Wildman–Crippen LogP) is 2.10. The standard InChI is InChI=1S/C13H19ClN2O2S/c14-12-5-3-6-13(11-12)19(17,18)15-7-4-10-16-8-1-2-9-16/h3,5-6,11,15H,1-2,4,7-10H2. The van der Waals surface area contributed by atoms with Crippen LogP contribution in [0.25, 0.3) is 0 Å². The second-order valence-corrected chi connectivity index (χ2v) is 6.96. The summed E-state index contributed by atoms with van der Waals surface area (Å²) in [5.41, 5.74) is 0. The summed E-state index contributed by atoms with van der Waals surface area (Å²) in [6, 6.07) is 6.31. The average molecular weight is 303 g/mol. The molecule has 6 heteroatoms. The quantitative estimate of drug-likeness (QED) is 0.819. The summed E-state index contributed by atoms with van der Waals surface area (Å²) in [7, 11) is -3.43. The van der Waals surface area contributed by atoms with Gasteiger partial charge in [0.15, 0.2) is 0 Å². The number of benzene rings is 1. The van der Waals surface area contributed by atoms with Gasteiger partial charge in [-0.2, -0.15) is 0 Å². The molecule has 19 heavy (non-hydrogen) atoms. The van der Waals surface area contributed by atoms with Crippen LogP contribution in [0.1, 0.15) is 19.3 Å². The fraction of sp³-hybridized carbons (Fsp3) is 0.538. The first kappa shape index (κ1) is 14.8. The number of nitrogens with zero attached hydrogens (tertiary/aromatic N) is 1. The smallest absolute Gasteiger partial charge is 0.240 e. The highest BCUT2D eigenvalue weighted by Gasteiger charge is 2.14. The van der Waals surface area contributed by atoms with E-state index in [1.807, 2.05) is 0 Å². The zero-order chi connectivity index (χ0) is 13.7. The molecule has 0 unspecified atom stereocenters. The number of halogens is 1. The van der Waals surface area contributed by atoms with Crippen LogP contribution in [0.15, 0.2) is 29.2 Å². The van der Waals surface area contributed by atoms with Crippen LogP contribution in [0.2, 0.25) is 5.02 Å². The molecule has 1 aromatic carbocycles. The third-order valence-corrected chi connectivity index (χ3v) is 4.94. The Morgan fingerprint density at radius 1 is 1.26 bits per heavy atom. The summed E-state index contributed by atoms with van der Waals surface area (Å²) in [4.78, 5) is 2.59. The van der Waals surface area contributed by atoms with Gasteiger partial charge in [-0.1, -0.05) is 17.7 Å². The number of hydrogen-bond acceptors (Lipinski definition) is 3. The normalized spacial score (nSPS) is 16.9. The first-order valence-corrected chi connectivity index (χ1v) is 8.42. The lowest BCUT2D eigenvalue weighted by molar-refractivity contribution is 0.334. The maximum absolute atomic E-state index is 12.0. The van der Waals surface area contributed by atoms with Gasteiger partial charge >= 0.3 is 0 Å². The summed E-state index contributed by atoms with van der Waals surface area (Å²) in [6.07, 6.45) is 3.35. The van der Waals surface area contributed by atoms with E-state index in [0.717, 1.165) is 26.1 Å². The van der Waals surface area contributed by atoms with Crippen molar-refractivity contribution >= 4 is 21.6 Å². The minimum Gasteiger partial charge on any atom is -0.303 e. The van der Waals surface area contributed by atoms with Gasteiger partial charge in [0.25, 0.3) is 0 Å². The molecule has 1 saturated heterocycles. The van der Waals surface area contributed by atoms with Crippen LogP contribution in [0.5, 0.6) is 0 Å². The molecule has 1 fully saturated rings. The molecule has 1 heterocycles. The SMILES string of the molecule is O=S(=O)(NCCCN1CCCC1)c1cccc(Cl)c1. The van der Waals surface area contributed by atoms with Gasteiger partial charge in [0.05, 0.1) is 4.90 Å². The number of likely N-dealkylation sites (tertiary alicyclic amines) is 1. The predicted molar refractivity (Wildman–Crippen MR) is 76.9 cm³/mol. The van der Waals surface area contributed by atoms with Gasteiger partial charge in [-0.3, -0.25) is 0 Å². The monoisotopic (exact) mass is 302 g/mol. The van der Waals surface area contributed by atoms with Crippen LogP contribution in [-0.4, -0.2) is 39.5 Å². The molecule has 0 spiro atoms. The Hall–Kier alpha value is -0.620. The van der Waals surface area contributed by atoms with E-state index in [9.17, 15) is 8.42 Å². The maximum Gasteiger partial charge on any atom is 0.240 e. The molecule has 1 aromatic rings. The Morgan fingerprint density at radius 2 is 2.00 bits per heavy atom. The zero-order valence-electron chi connectivity index (χ0n) is 10.8. The van der Waals surface area contributed by atoms with Crippen LogP contribution in [0.3, 0.4) is 0 Å². The van der Waals surface area contributed by atoms with E-state index in [4.69, 9.17) is 11.6 Å². The number of sulfonamides is 1. The summed E-state index contributed by atoms with van der Waals surface area (Å²) < 4.78 is 26.6. The molecule has 0 bridgehead atoms.